The number of anilines is 1. The van der Waals surface area contributed by atoms with E-state index in [1.54, 1.807) is 43.3 Å². The Morgan fingerprint density at radius 3 is 2.02 bits per heavy atom. The van der Waals surface area contributed by atoms with Crippen LogP contribution in [0.25, 0.3) is 0 Å². The van der Waals surface area contributed by atoms with Crippen LogP contribution in [-0.2, 0) is 32.6 Å². The summed E-state index contributed by atoms with van der Waals surface area (Å²) in [7, 11) is -4.17. The largest absolute Gasteiger partial charge is 0.352 e. The lowest BCUT2D eigenvalue weighted by atomic mass is 10.0. The fourth-order valence-corrected chi connectivity index (χ4v) is 7.56. The SMILES string of the molecule is Cc1cc(Cl)ccc1N(CC(=O)N(Cc1ccccc1)C(Cc1ccccc1)C(=O)NC1CCCC1)S(=O)(=O)c1ccccc1. The van der Waals surface area contributed by atoms with Crippen LogP contribution in [0.2, 0.25) is 5.02 Å². The number of benzene rings is 4. The van der Waals surface area contributed by atoms with Crippen molar-refractivity contribution in [2.24, 2.45) is 0 Å². The quantitative estimate of drug-likeness (QED) is 0.190. The van der Waals surface area contributed by atoms with Crippen molar-refractivity contribution < 1.29 is 18.0 Å². The number of halogens is 1. The number of hydrogen-bond acceptors (Lipinski definition) is 4. The molecule has 1 unspecified atom stereocenters. The Hall–Kier alpha value is -4.14. The van der Waals surface area contributed by atoms with Crippen LogP contribution in [0.3, 0.4) is 0 Å². The third-order valence-corrected chi connectivity index (χ3v) is 10.2. The van der Waals surface area contributed by atoms with E-state index >= 15 is 0 Å². The minimum atomic E-state index is -4.17. The van der Waals surface area contributed by atoms with E-state index in [1.807, 2.05) is 60.7 Å². The molecule has 9 heteroatoms. The van der Waals surface area contributed by atoms with E-state index in [0.717, 1.165) is 41.1 Å². The smallest absolute Gasteiger partial charge is 0.264 e. The molecule has 1 fully saturated rings. The first kappa shape index (κ1) is 32.3. The van der Waals surface area contributed by atoms with Crippen LogP contribution in [0.4, 0.5) is 5.69 Å². The third kappa shape index (κ3) is 8.12. The van der Waals surface area contributed by atoms with Crippen LogP contribution in [0.1, 0.15) is 42.4 Å². The molecule has 234 valence electrons. The van der Waals surface area contributed by atoms with E-state index in [4.69, 9.17) is 11.6 Å². The Kier molecular flexibility index (Phi) is 10.6. The molecule has 4 aromatic rings. The topological polar surface area (TPSA) is 86.8 Å². The van der Waals surface area contributed by atoms with Crippen molar-refractivity contribution >= 4 is 39.1 Å². The fourth-order valence-electron chi connectivity index (χ4n) is 5.83. The van der Waals surface area contributed by atoms with Crippen LogP contribution < -0.4 is 9.62 Å². The molecule has 0 saturated heterocycles. The molecule has 1 saturated carbocycles. The van der Waals surface area contributed by atoms with Gasteiger partial charge >= 0.3 is 0 Å². The highest BCUT2D eigenvalue weighted by Crippen LogP contribution is 2.30. The van der Waals surface area contributed by atoms with Crippen molar-refractivity contribution in [3.8, 4) is 0 Å². The number of nitrogens with one attached hydrogen (secondary N) is 1. The van der Waals surface area contributed by atoms with E-state index in [0.29, 0.717) is 16.3 Å². The highest BCUT2D eigenvalue weighted by molar-refractivity contribution is 7.92. The first-order chi connectivity index (χ1) is 21.7. The standard InChI is InChI=1S/C36H38ClN3O4S/c1-27-23-30(37)21-22-33(27)40(45(43,44)32-19-9-4-10-20-32)26-35(41)39(25-29-15-7-3-8-16-29)34(24-28-13-5-2-6-14-28)36(42)38-31-17-11-12-18-31/h2-10,13-16,19-23,31,34H,11-12,17-18,24-26H2,1H3,(H,38,42). The number of carbonyl (C=O) groups is 2. The van der Waals surface area contributed by atoms with E-state index in [9.17, 15) is 18.0 Å². The second-order valence-corrected chi connectivity index (χ2v) is 13.8. The van der Waals surface area contributed by atoms with Gasteiger partial charge in [-0.1, -0.05) is 103 Å². The average molecular weight is 644 g/mol. The van der Waals surface area contributed by atoms with Crippen molar-refractivity contribution in [1.82, 2.24) is 10.2 Å². The van der Waals surface area contributed by atoms with Gasteiger partial charge in [-0.3, -0.25) is 13.9 Å². The summed E-state index contributed by atoms with van der Waals surface area (Å²) in [6.07, 6.45) is 4.18. The van der Waals surface area contributed by atoms with Crippen LogP contribution in [-0.4, -0.2) is 43.8 Å². The van der Waals surface area contributed by atoms with Crippen LogP contribution in [0, 0.1) is 6.92 Å². The summed E-state index contributed by atoms with van der Waals surface area (Å²) in [6, 6.07) is 31.2. The Morgan fingerprint density at radius 1 is 0.844 bits per heavy atom. The Labute approximate surface area is 270 Å². The normalized spacial score (nSPS) is 14.1. The monoisotopic (exact) mass is 643 g/mol. The van der Waals surface area contributed by atoms with Gasteiger partial charge in [-0.05, 0) is 66.8 Å². The first-order valence-electron chi connectivity index (χ1n) is 15.2. The van der Waals surface area contributed by atoms with Crippen LogP contribution in [0.5, 0.6) is 0 Å². The van der Waals surface area contributed by atoms with Crippen molar-refractivity contribution in [1.29, 1.82) is 0 Å². The lowest BCUT2D eigenvalue weighted by molar-refractivity contribution is -0.140. The summed E-state index contributed by atoms with van der Waals surface area (Å²) >= 11 is 6.23. The maximum absolute atomic E-state index is 14.6. The zero-order valence-electron chi connectivity index (χ0n) is 25.3. The fraction of sp³-hybridized carbons (Fsp3) is 0.278. The molecule has 45 heavy (non-hydrogen) atoms. The van der Waals surface area contributed by atoms with Crippen LogP contribution in [0.15, 0.2) is 114 Å². The minimum absolute atomic E-state index is 0.0520. The zero-order chi connectivity index (χ0) is 31.8. The molecule has 0 spiro atoms. The molecule has 1 aliphatic rings. The van der Waals surface area contributed by atoms with E-state index in [2.05, 4.69) is 5.32 Å². The first-order valence-corrected chi connectivity index (χ1v) is 17.1. The lowest BCUT2D eigenvalue weighted by Gasteiger charge is -2.34. The minimum Gasteiger partial charge on any atom is -0.352 e. The number of aryl methyl sites for hydroxylation is 1. The van der Waals surface area contributed by atoms with Crippen molar-refractivity contribution in [3.63, 3.8) is 0 Å². The maximum atomic E-state index is 14.6. The number of carbonyl (C=O) groups excluding carboxylic acids is 2. The van der Waals surface area contributed by atoms with Gasteiger partial charge in [0.2, 0.25) is 11.8 Å². The van der Waals surface area contributed by atoms with E-state index in [1.165, 1.54) is 17.0 Å². The van der Waals surface area contributed by atoms with Crippen molar-refractivity contribution in [2.45, 2.75) is 62.6 Å². The maximum Gasteiger partial charge on any atom is 0.264 e. The van der Waals surface area contributed by atoms with Gasteiger partial charge in [-0.25, -0.2) is 8.42 Å². The van der Waals surface area contributed by atoms with Crippen molar-refractivity contribution in [2.75, 3.05) is 10.8 Å². The van der Waals surface area contributed by atoms with Gasteiger partial charge in [0.05, 0.1) is 10.6 Å². The average Bonchev–Trinajstić information content (AvgIpc) is 3.56. The third-order valence-electron chi connectivity index (χ3n) is 8.21. The van der Waals surface area contributed by atoms with Gasteiger partial charge in [0.1, 0.15) is 12.6 Å². The molecule has 0 radical (unpaired) electrons. The molecule has 1 N–H and O–H groups in total. The molecule has 1 atom stereocenters. The van der Waals surface area contributed by atoms with Gasteiger partial charge in [0, 0.05) is 24.0 Å². The molecular weight excluding hydrogens is 606 g/mol. The predicted octanol–water partition coefficient (Wildman–Crippen LogP) is 6.54. The van der Waals surface area contributed by atoms with Gasteiger partial charge in [-0.2, -0.15) is 0 Å². The predicted molar refractivity (Wildman–Crippen MR) is 178 cm³/mol. The van der Waals surface area contributed by atoms with Crippen LogP contribution >= 0.6 is 11.6 Å². The Balaban J connectivity index is 1.57. The molecule has 0 aliphatic heterocycles. The summed E-state index contributed by atoms with van der Waals surface area (Å²) in [4.78, 5) is 30.2. The molecule has 0 bridgehead atoms. The van der Waals surface area contributed by atoms with E-state index < -0.39 is 28.5 Å². The van der Waals surface area contributed by atoms with Gasteiger partial charge in [0.15, 0.2) is 0 Å². The number of nitrogens with zero attached hydrogens (tertiary/aromatic N) is 2. The molecule has 4 aromatic carbocycles. The molecule has 7 nitrogen and oxygen atoms in total. The molecule has 0 aromatic heterocycles. The zero-order valence-corrected chi connectivity index (χ0v) is 26.9. The van der Waals surface area contributed by atoms with Gasteiger partial charge in [0.25, 0.3) is 10.0 Å². The lowest BCUT2D eigenvalue weighted by Crippen LogP contribution is -2.54. The molecule has 5 rings (SSSR count). The Morgan fingerprint density at radius 2 is 1.42 bits per heavy atom. The number of sulfonamides is 1. The summed E-state index contributed by atoms with van der Waals surface area (Å²) in [5.74, 6) is -0.731. The summed E-state index contributed by atoms with van der Waals surface area (Å²) < 4.78 is 29.4. The summed E-state index contributed by atoms with van der Waals surface area (Å²) in [6.45, 7) is 1.39. The second-order valence-electron chi connectivity index (χ2n) is 11.5. The molecule has 2 amide bonds. The van der Waals surface area contributed by atoms with E-state index in [-0.39, 0.29) is 29.8 Å². The number of rotatable bonds is 12. The summed E-state index contributed by atoms with van der Waals surface area (Å²) in [5, 5.41) is 3.65. The van der Waals surface area contributed by atoms with Crippen molar-refractivity contribution in [3.05, 3.63) is 131 Å². The second kappa shape index (κ2) is 14.8. The van der Waals surface area contributed by atoms with Gasteiger partial charge < -0.3 is 10.2 Å². The molecule has 0 heterocycles. The Bertz CT molecular complexity index is 1700. The van der Waals surface area contributed by atoms with Gasteiger partial charge in [-0.15, -0.1) is 0 Å². The molecule has 1 aliphatic carbocycles. The molecular formula is C36H38ClN3O4S. The number of amides is 2. The summed E-state index contributed by atoms with van der Waals surface area (Å²) in [5.41, 5.74) is 2.67. The highest BCUT2D eigenvalue weighted by atomic mass is 35.5. The number of hydrogen-bond donors (Lipinski definition) is 1. The highest BCUT2D eigenvalue weighted by Gasteiger charge is 2.36.